The lowest BCUT2D eigenvalue weighted by molar-refractivity contribution is -0.385. The van der Waals surface area contributed by atoms with Crippen LogP contribution < -0.4 is 0 Å². The van der Waals surface area contributed by atoms with Crippen molar-refractivity contribution in [1.29, 1.82) is 0 Å². The van der Waals surface area contributed by atoms with Gasteiger partial charge in [-0.05, 0) is 6.42 Å². The van der Waals surface area contributed by atoms with Crippen LogP contribution in [-0.4, -0.2) is 19.8 Å². The number of rotatable bonds is 5. The standard InChI is InChI=1S/C12H13N3O3/c16-9-10-7-13-14(8-10)6-5-11-3-1-2-4-12(11)15(17)18/h1-4,7-8,16H,5-6,9H2. The van der Waals surface area contributed by atoms with Crippen LogP contribution in [0.25, 0.3) is 0 Å². The molecule has 0 bridgehead atoms. The van der Waals surface area contributed by atoms with Crippen molar-refractivity contribution in [2.24, 2.45) is 0 Å². The van der Waals surface area contributed by atoms with Crippen LogP contribution >= 0.6 is 0 Å². The van der Waals surface area contributed by atoms with Crippen molar-refractivity contribution >= 4 is 5.69 Å². The van der Waals surface area contributed by atoms with Gasteiger partial charge in [0.05, 0.1) is 17.7 Å². The lowest BCUT2D eigenvalue weighted by atomic mass is 10.1. The number of nitrogens with zero attached hydrogens (tertiary/aromatic N) is 3. The van der Waals surface area contributed by atoms with Gasteiger partial charge in [-0.3, -0.25) is 14.8 Å². The monoisotopic (exact) mass is 247 g/mol. The third-order valence-corrected chi connectivity index (χ3v) is 2.67. The summed E-state index contributed by atoms with van der Waals surface area (Å²) in [5, 5.41) is 23.8. The fraction of sp³-hybridized carbons (Fsp3) is 0.250. The van der Waals surface area contributed by atoms with Gasteiger partial charge in [0.15, 0.2) is 0 Å². The number of hydrogen-bond acceptors (Lipinski definition) is 4. The van der Waals surface area contributed by atoms with Crippen LogP contribution in [0.15, 0.2) is 36.7 Å². The minimum Gasteiger partial charge on any atom is -0.392 e. The van der Waals surface area contributed by atoms with Gasteiger partial charge in [0.25, 0.3) is 5.69 Å². The van der Waals surface area contributed by atoms with Gasteiger partial charge in [0.2, 0.25) is 0 Å². The molecular formula is C12H13N3O3. The normalized spacial score (nSPS) is 10.5. The van der Waals surface area contributed by atoms with Crippen LogP contribution in [0.5, 0.6) is 0 Å². The lowest BCUT2D eigenvalue weighted by Crippen LogP contribution is -2.03. The third-order valence-electron chi connectivity index (χ3n) is 2.67. The highest BCUT2D eigenvalue weighted by atomic mass is 16.6. The van der Waals surface area contributed by atoms with Crippen LogP contribution in [0.4, 0.5) is 5.69 Å². The second-order valence-electron chi connectivity index (χ2n) is 3.91. The molecule has 0 amide bonds. The van der Waals surface area contributed by atoms with Crippen molar-refractivity contribution in [2.75, 3.05) is 0 Å². The highest BCUT2D eigenvalue weighted by molar-refractivity contribution is 5.39. The zero-order chi connectivity index (χ0) is 13.0. The van der Waals surface area contributed by atoms with Crippen LogP contribution in [0, 0.1) is 10.1 Å². The fourth-order valence-electron chi connectivity index (χ4n) is 1.75. The molecule has 0 aliphatic rings. The number of nitro groups is 1. The first-order chi connectivity index (χ1) is 8.70. The van der Waals surface area contributed by atoms with E-state index >= 15 is 0 Å². The van der Waals surface area contributed by atoms with Crippen LogP contribution in [0.2, 0.25) is 0 Å². The van der Waals surface area contributed by atoms with Crippen LogP contribution in [-0.2, 0) is 19.6 Å². The molecule has 2 aromatic rings. The largest absolute Gasteiger partial charge is 0.392 e. The predicted octanol–water partition coefficient (Wildman–Crippen LogP) is 1.53. The SMILES string of the molecule is O=[N+]([O-])c1ccccc1CCn1cc(CO)cn1. The first kappa shape index (κ1) is 12.3. The average Bonchev–Trinajstić information content (AvgIpc) is 2.84. The van der Waals surface area contributed by atoms with E-state index in [4.69, 9.17) is 5.11 Å². The number of aliphatic hydroxyl groups excluding tert-OH is 1. The molecule has 18 heavy (non-hydrogen) atoms. The molecule has 6 nitrogen and oxygen atoms in total. The van der Waals surface area contributed by atoms with Gasteiger partial charge in [-0.15, -0.1) is 0 Å². The summed E-state index contributed by atoms with van der Waals surface area (Å²) < 4.78 is 1.67. The first-order valence-electron chi connectivity index (χ1n) is 5.55. The number of aliphatic hydroxyl groups is 1. The molecule has 0 saturated heterocycles. The van der Waals surface area contributed by atoms with Crippen molar-refractivity contribution < 1.29 is 10.0 Å². The van der Waals surface area contributed by atoms with E-state index in [2.05, 4.69) is 5.10 Å². The average molecular weight is 247 g/mol. The predicted molar refractivity (Wildman–Crippen MR) is 65.0 cm³/mol. The van der Waals surface area contributed by atoms with Crippen molar-refractivity contribution in [3.8, 4) is 0 Å². The molecule has 0 saturated carbocycles. The topological polar surface area (TPSA) is 81.2 Å². The highest BCUT2D eigenvalue weighted by Crippen LogP contribution is 2.18. The first-order valence-corrected chi connectivity index (χ1v) is 5.55. The molecule has 94 valence electrons. The Labute approximate surface area is 104 Å². The van der Waals surface area contributed by atoms with E-state index in [-0.39, 0.29) is 17.2 Å². The molecule has 0 aliphatic heterocycles. The van der Waals surface area contributed by atoms with Crippen molar-refractivity contribution in [3.05, 3.63) is 57.9 Å². The Bertz CT molecular complexity index is 551. The van der Waals surface area contributed by atoms with Gasteiger partial charge >= 0.3 is 0 Å². The van der Waals surface area contributed by atoms with Gasteiger partial charge in [0, 0.05) is 29.9 Å². The number of nitro benzene ring substituents is 1. The van der Waals surface area contributed by atoms with Crippen molar-refractivity contribution in [2.45, 2.75) is 19.6 Å². The Balaban J connectivity index is 2.08. The van der Waals surface area contributed by atoms with Gasteiger partial charge in [-0.1, -0.05) is 18.2 Å². The summed E-state index contributed by atoms with van der Waals surface area (Å²) in [4.78, 5) is 10.5. The molecular weight excluding hydrogens is 234 g/mol. The van der Waals surface area contributed by atoms with E-state index in [1.807, 2.05) is 0 Å². The second-order valence-corrected chi connectivity index (χ2v) is 3.91. The minimum atomic E-state index is -0.377. The highest BCUT2D eigenvalue weighted by Gasteiger charge is 2.11. The number of benzene rings is 1. The maximum Gasteiger partial charge on any atom is 0.272 e. The Morgan fingerprint density at radius 1 is 1.39 bits per heavy atom. The molecule has 0 fully saturated rings. The van der Waals surface area contributed by atoms with Crippen LogP contribution in [0.3, 0.4) is 0 Å². The van der Waals surface area contributed by atoms with Gasteiger partial charge < -0.3 is 5.11 Å². The molecule has 6 heteroatoms. The van der Waals surface area contributed by atoms with E-state index in [9.17, 15) is 10.1 Å². The summed E-state index contributed by atoms with van der Waals surface area (Å²) >= 11 is 0. The van der Waals surface area contributed by atoms with E-state index in [1.165, 1.54) is 6.07 Å². The van der Waals surface area contributed by atoms with Crippen molar-refractivity contribution in [1.82, 2.24) is 9.78 Å². The summed E-state index contributed by atoms with van der Waals surface area (Å²) in [5.41, 5.74) is 1.55. The zero-order valence-electron chi connectivity index (χ0n) is 9.69. The van der Waals surface area contributed by atoms with Crippen LogP contribution in [0.1, 0.15) is 11.1 Å². The fourth-order valence-corrected chi connectivity index (χ4v) is 1.75. The molecule has 0 aliphatic carbocycles. The van der Waals surface area contributed by atoms with Crippen molar-refractivity contribution in [3.63, 3.8) is 0 Å². The van der Waals surface area contributed by atoms with E-state index in [0.29, 0.717) is 18.5 Å². The molecule has 2 rings (SSSR count). The van der Waals surface area contributed by atoms with Gasteiger partial charge in [-0.2, -0.15) is 5.10 Å². The van der Waals surface area contributed by atoms with Gasteiger partial charge in [-0.25, -0.2) is 0 Å². The summed E-state index contributed by atoms with van der Waals surface area (Å²) in [6.45, 7) is 0.496. The summed E-state index contributed by atoms with van der Waals surface area (Å²) in [6, 6.07) is 6.68. The number of aryl methyl sites for hydroxylation is 2. The molecule has 1 N–H and O–H groups in total. The molecule has 1 aromatic carbocycles. The number of para-hydroxylation sites is 1. The molecule has 0 radical (unpaired) electrons. The third kappa shape index (κ3) is 2.72. The summed E-state index contributed by atoms with van der Waals surface area (Å²) in [5.74, 6) is 0. The lowest BCUT2D eigenvalue weighted by Gasteiger charge is -2.03. The molecule has 1 heterocycles. The molecule has 0 spiro atoms. The maximum absolute atomic E-state index is 10.8. The summed E-state index contributed by atoms with van der Waals surface area (Å²) in [7, 11) is 0. The second kappa shape index (κ2) is 5.42. The Kier molecular flexibility index (Phi) is 3.69. The molecule has 0 unspecified atom stereocenters. The van der Waals surface area contributed by atoms with Gasteiger partial charge in [0.1, 0.15) is 0 Å². The molecule has 1 aromatic heterocycles. The van der Waals surface area contributed by atoms with E-state index in [0.717, 1.165) is 5.56 Å². The smallest absolute Gasteiger partial charge is 0.272 e. The number of hydrogen-bond donors (Lipinski definition) is 1. The Morgan fingerprint density at radius 3 is 2.83 bits per heavy atom. The number of aromatic nitrogens is 2. The van der Waals surface area contributed by atoms with E-state index in [1.54, 1.807) is 35.3 Å². The minimum absolute atomic E-state index is 0.0501. The quantitative estimate of drug-likeness (QED) is 0.641. The zero-order valence-corrected chi connectivity index (χ0v) is 9.69. The molecule has 0 atom stereocenters. The Hall–Kier alpha value is -2.21. The maximum atomic E-state index is 10.8. The Morgan fingerprint density at radius 2 is 2.17 bits per heavy atom. The summed E-state index contributed by atoms with van der Waals surface area (Å²) in [6.07, 6.45) is 3.85. The van der Waals surface area contributed by atoms with E-state index < -0.39 is 0 Å².